The molecule has 0 atom stereocenters. The molecule has 0 saturated carbocycles. The van der Waals surface area contributed by atoms with Gasteiger partial charge in [0.15, 0.2) is 0 Å². The zero-order valence-corrected chi connectivity index (χ0v) is 11.3. The zero-order chi connectivity index (χ0) is 12.5. The van der Waals surface area contributed by atoms with E-state index in [1.807, 2.05) is 30.3 Å². The summed E-state index contributed by atoms with van der Waals surface area (Å²) in [5, 5.41) is 0. The Kier molecular flexibility index (Phi) is 3.44. The van der Waals surface area contributed by atoms with E-state index in [1.165, 1.54) is 0 Å². The summed E-state index contributed by atoms with van der Waals surface area (Å²) in [5.41, 5.74) is 0.941. The molecule has 0 heterocycles. The van der Waals surface area contributed by atoms with E-state index in [-0.39, 0.29) is 0 Å². The quantitative estimate of drug-likeness (QED) is 0.621. The molecule has 92 valence electrons. The predicted octanol–water partition coefficient (Wildman–Crippen LogP) is 2.78. The number of hydrogen-bond donors (Lipinski definition) is 0. The van der Waals surface area contributed by atoms with E-state index in [9.17, 15) is 12.3 Å². The molecule has 0 spiro atoms. The van der Waals surface area contributed by atoms with Crippen molar-refractivity contribution in [1.82, 2.24) is 0 Å². The number of hydrogen-bond acceptors (Lipinski definition) is 3. The summed E-state index contributed by atoms with van der Waals surface area (Å²) in [6, 6.07) is 9.31. The summed E-state index contributed by atoms with van der Waals surface area (Å²) in [7, 11) is -4.90. The average molecular weight is 266 g/mol. The van der Waals surface area contributed by atoms with Crippen LogP contribution in [0, 0.1) is 0 Å². The summed E-state index contributed by atoms with van der Waals surface area (Å²) in [6.07, 6.45) is 0.426. The molecule has 0 aromatic heterocycles. The van der Waals surface area contributed by atoms with Gasteiger partial charge in [0.1, 0.15) is 0 Å². The second kappa shape index (κ2) is 4.06. The Morgan fingerprint density at radius 1 is 1.19 bits per heavy atom. The molecule has 16 heavy (non-hydrogen) atoms. The Labute approximate surface area is 96.1 Å². The van der Waals surface area contributed by atoms with Crippen LogP contribution >= 0.6 is 6.83 Å². The van der Waals surface area contributed by atoms with Gasteiger partial charge in [-0.1, -0.05) is 0 Å². The third kappa shape index (κ3) is 5.01. The van der Waals surface area contributed by atoms with Gasteiger partial charge in [0.25, 0.3) is 0 Å². The zero-order valence-electron chi connectivity index (χ0n) is 9.55. The molecule has 0 aliphatic carbocycles. The summed E-state index contributed by atoms with van der Waals surface area (Å²) < 4.78 is 38.4. The molecule has 0 radical (unpaired) electrons. The van der Waals surface area contributed by atoms with E-state index in [0.717, 1.165) is 5.56 Å². The second-order valence-electron chi connectivity index (χ2n) is 5.08. The normalized spacial score (nSPS) is 15.4. The van der Waals surface area contributed by atoms with Crippen LogP contribution in [0.3, 0.4) is 0 Å². The Balaban J connectivity index is 2.93. The van der Waals surface area contributed by atoms with Crippen LogP contribution in [-0.4, -0.2) is 28.4 Å². The van der Waals surface area contributed by atoms with E-state index in [1.54, 1.807) is 20.0 Å². The van der Waals surface area contributed by atoms with Gasteiger partial charge in [0.2, 0.25) is 0 Å². The molecule has 6 heteroatoms. The summed E-state index contributed by atoms with van der Waals surface area (Å²) >= 11 is 0. The summed E-state index contributed by atoms with van der Waals surface area (Å²) in [5.74, 6) is 0. The fourth-order valence-electron chi connectivity index (χ4n) is 1.56. The van der Waals surface area contributed by atoms with Crippen LogP contribution in [-0.2, 0) is 20.6 Å². The first-order valence-electron chi connectivity index (χ1n) is 4.76. The van der Waals surface area contributed by atoms with E-state index in [0.29, 0.717) is 6.16 Å². The van der Waals surface area contributed by atoms with Crippen LogP contribution in [0.1, 0.15) is 5.56 Å². The first kappa shape index (κ1) is 13.6. The Bertz CT molecular complexity index is 462. The fourth-order valence-corrected chi connectivity index (χ4v) is 5.87. The standard InChI is InChI=1S/C10H16FO3PS/c1-15(2,3,14-16(11,12)13)9-10-7-5-4-6-8-10/h4-8H,9H2,1-3H3. The molecular formula is C10H16FO3PS. The molecule has 1 aromatic rings. The molecule has 1 rings (SSSR count). The third-order valence-electron chi connectivity index (χ3n) is 1.93. The average Bonchev–Trinajstić information content (AvgIpc) is 1.97. The molecular weight excluding hydrogens is 250 g/mol. The van der Waals surface area contributed by atoms with Crippen molar-refractivity contribution in [1.29, 1.82) is 0 Å². The third-order valence-corrected chi connectivity index (χ3v) is 6.30. The molecule has 0 saturated heterocycles. The maximum atomic E-state index is 12.6. The van der Waals surface area contributed by atoms with Crippen LogP contribution in [0.2, 0.25) is 0 Å². The minimum atomic E-state index is -4.90. The van der Waals surface area contributed by atoms with Gasteiger partial charge in [-0.3, -0.25) is 0 Å². The molecule has 1 aromatic carbocycles. The molecule has 0 aliphatic heterocycles. The van der Waals surface area contributed by atoms with Gasteiger partial charge in [-0.05, 0) is 0 Å². The van der Waals surface area contributed by atoms with Crippen LogP contribution in [0.15, 0.2) is 30.3 Å². The molecule has 0 unspecified atom stereocenters. The van der Waals surface area contributed by atoms with Crippen molar-refractivity contribution in [2.45, 2.75) is 6.16 Å². The van der Waals surface area contributed by atoms with Crippen molar-refractivity contribution < 1.29 is 16.3 Å². The van der Waals surface area contributed by atoms with E-state index in [4.69, 9.17) is 0 Å². The van der Waals surface area contributed by atoms with Crippen LogP contribution < -0.4 is 0 Å². The predicted molar refractivity (Wildman–Crippen MR) is 66.0 cm³/mol. The van der Waals surface area contributed by atoms with Gasteiger partial charge < -0.3 is 0 Å². The molecule has 0 amide bonds. The fraction of sp³-hybridized carbons (Fsp3) is 0.400. The molecule has 0 bridgehead atoms. The van der Waals surface area contributed by atoms with Crippen molar-refractivity contribution in [3.05, 3.63) is 35.9 Å². The van der Waals surface area contributed by atoms with Crippen LogP contribution in [0.4, 0.5) is 3.89 Å². The molecule has 0 fully saturated rings. The maximum absolute atomic E-state index is 12.6. The first-order chi connectivity index (χ1) is 7.05. The molecule has 0 N–H and O–H groups in total. The van der Waals surface area contributed by atoms with Crippen molar-refractivity contribution in [2.24, 2.45) is 0 Å². The van der Waals surface area contributed by atoms with Crippen LogP contribution in [0.25, 0.3) is 0 Å². The number of rotatable bonds is 4. The Hall–Kier alpha value is -0.510. The van der Waals surface area contributed by atoms with Crippen molar-refractivity contribution in [3.8, 4) is 0 Å². The Morgan fingerprint density at radius 3 is 2.12 bits per heavy atom. The van der Waals surface area contributed by atoms with E-state index in [2.05, 4.69) is 3.97 Å². The SMILES string of the molecule is CP(C)(C)(Cc1ccccc1)OS(=O)(=O)F. The number of halogens is 1. The van der Waals surface area contributed by atoms with Gasteiger partial charge in [0, 0.05) is 0 Å². The summed E-state index contributed by atoms with van der Waals surface area (Å²) in [4.78, 5) is 0. The van der Waals surface area contributed by atoms with Crippen LogP contribution in [0.5, 0.6) is 0 Å². The van der Waals surface area contributed by atoms with E-state index < -0.39 is 17.3 Å². The monoisotopic (exact) mass is 266 g/mol. The van der Waals surface area contributed by atoms with Gasteiger partial charge in [-0.15, -0.1) is 0 Å². The van der Waals surface area contributed by atoms with Gasteiger partial charge in [-0.2, -0.15) is 0 Å². The van der Waals surface area contributed by atoms with Crippen molar-refractivity contribution in [3.63, 3.8) is 0 Å². The van der Waals surface area contributed by atoms with Gasteiger partial charge in [0.05, 0.1) is 0 Å². The van der Waals surface area contributed by atoms with Gasteiger partial charge in [-0.25, -0.2) is 0 Å². The minimum absolute atomic E-state index is 0.426. The van der Waals surface area contributed by atoms with E-state index >= 15 is 0 Å². The second-order valence-corrected chi connectivity index (χ2v) is 12.7. The topological polar surface area (TPSA) is 43.4 Å². The van der Waals surface area contributed by atoms with Crippen molar-refractivity contribution in [2.75, 3.05) is 20.0 Å². The van der Waals surface area contributed by atoms with Gasteiger partial charge >= 0.3 is 95.7 Å². The molecule has 0 aliphatic rings. The molecule has 3 nitrogen and oxygen atoms in total. The number of benzene rings is 1. The summed E-state index contributed by atoms with van der Waals surface area (Å²) in [6.45, 7) is 2.02. The van der Waals surface area contributed by atoms with Crippen molar-refractivity contribution >= 4 is 17.3 Å². The first-order valence-corrected chi connectivity index (χ1v) is 9.75. The Morgan fingerprint density at radius 2 is 1.69 bits per heavy atom.